The van der Waals surface area contributed by atoms with Crippen molar-refractivity contribution in [2.24, 2.45) is 5.92 Å². The molecule has 1 aromatic carbocycles. The summed E-state index contributed by atoms with van der Waals surface area (Å²) < 4.78 is 4.18. The Morgan fingerprint density at radius 1 is 1.08 bits per heavy atom. The van der Waals surface area contributed by atoms with Gasteiger partial charge >= 0.3 is 0 Å². The van der Waals surface area contributed by atoms with Crippen LogP contribution in [0, 0.1) is 5.92 Å². The van der Waals surface area contributed by atoms with Crippen LogP contribution in [0.25, 0.3) is 0 Å². The number of nitrogens with one attached hydrogen (secondary N) is 1. The molecule has 0 aliphatic heterocycles. The van der Waals surface area contributed by atoms with E-state index < -0.39 is 0 Å². The van der Waals surface area contributed by atoms with Crippen LogP contribution in [0.4, 0.5) is 0 Å². The maximum absolute atomic E-state index is 4.30. The molecule has 0 bridgehead atoms. The summed E-state index contributed by atoms with van der Waals surface area (Å²) in [6.45, 7) is 7.92. The molecule has 0 radical (unpaired) electrons. The van der Waals surface area contributed by atoms with Gasteiger partial charge in [-0.3, -0.25) is 4.68 Å². The van der Waals surface area contributed by atoms with Crippen molar-refractivity contribution in [3.05, 3.63) is 72.1 Å². The third-order valence-electron chi connectivity index (χ3n) is 3.99. The lowest BCUT2D eigenvalue weighted by Gasteiger charge is -2.13. The van der Waals surface area contributed by atoms with Crippen molar-refractivity contribution in [1.82, 2.24) is 24.6 Å². The highest BCUT2D eigenvalue weighted by Gasteiger charge is 2.06. The third-order valence-corrected chi connectivity index (χ3v) is 3.99. The van der Waals surface area contributed by atoms with E-state index in [1.807, 2.05) is 35.7 Å². The summed E-state index contributed by atoms with van der Waals surface area (Å²) in [5, 5.41) is 7.84. The van der Waals surface area contributed by atoms with E-state index in [9.17, 15) is 0 Å². The molecule has 0 saturated heterocycles. The number of rotatable bonds is 8. The number of aromatic nitrogens is 4. The van der Waals surface area contributed by atoms with Crippen LogP contribution in [0.5, 0.6) is 0 Å². The molecule has 0 amide bonds. The summed E-state index contributed by atoms with van der Waals surface area (Å²) in [7, 11) is 0. The molecule has 5 heteroatoms. The van der Waals surface area contributed by atoms with Gasteiger partial charge in [0.25, 0.3) is 0 Å². The van der Waals surface area contributed by atoms with Crippen molar-refractivity contribution in [3.8, 4) is 0 Å². The summed E-state index contributed by atoms with van der Waals surface area (Å²) in [5.41, 5.74) is 3.83. The highest BCUT2D eigenvalue weighted by Crippen LogP contribution is 2.11. The molecule has 3 rings (SSSR count). The highest BCUT2D eigenvalue weighted by molar-refractivity contribution is 5.27. The van der Waals surface area contributed by atoms with Crippen LogP contribution in [0.3, 0.4) is 0 Å². The lowest BCUT2D eigenvalue weighted by Crippen LogP contribution is -2.18. The number of hydrogen-bond donors (Lipinski definition) is 1. The van der Waals surface area contributed by atoms with Crippen LogP contribution in [0.2, 0.25) is 0 Å². The fourth-order valence-electron chi connectivity index (χ4n) is 2.83. The summed E-state index contributed by atoms with van der Waals surface area (Å²) in [5.74, 6) is 0.618. The molecular weight excluding hydrogens is 298 g/mol. The second-order valence-electron chi connectivity index (χ2n) is 6.51. The Kier molecular flexibility index (Phi) is 5.43. The van der Waals surface area contributed by atoms with Crippen LogP contribution >= 0.6 is 0 Å². The van der Waals surface area contributed by atoms with Gasteiger partial charge in [-0.25, -0.2) is 4.98 Å². The average Bonchev–Trinajstić information content (AvgIpc) is 3.21. The van der Waals surface area contributed by atoms with E-state index in [1.165, 1.54) is 16.8 Å². The Morgan fingerprint density at radius 3 is 2.67 bits per heavy atom. The summed E-state index contributed by atoms with van der Waals surface area (Å²) in [6, 6.07) is 10.5. The van der Waals surface area contributed by atoms with Gasteiger partial charge in [0.05, 0.1) is 18.6 Å². The largest absolute Gasteiger partial charge is 0.333 e. The molecule has 3 aromatic rings. The normalized spacial score (nSPS) is 11.3. The number of imidazole rings is 1. The van der Waals surface area contributed by atoms with E-state index in [1.54, 1.807) is 0 Å². The zero-order valence-corrected chi connectivity index (χ0v) is 14.4. The molecule has 2 aromatic heterocycles. The van der Waals surface area contributed by atoms with Gasteiger partial charge < -0.3 is 9.88 Å². The van der Waals surface area contributed by atoms with Crippen molar-refractivity contribution < 1.29 is 0 Å². The second-order valence-corrected chi connectivity index (χ2v) is 6.51. The minimum Gasteiger partial charge on any atom is -0.333 e. The summed E-state index contributed by atoms with van der Waals surface area (Å²) in [4.78, 5) is 4.28. The molecule has 2 heterocycles. The number of hydrogen-bond acceptors (Lipinski definition) is 3. The van der Waals surface area contributed by atoms with Gasteiger partial charge in [-0.15, -0.1) is 0 Å². The topological polar surface area (TPSA) is 47.7 Å². The molecule has 1 N–H and O–H groups in total. The monoisotopic (exact) mass is 323 g/mol. The van der Waals surface area contributed by atoms with Crippen LogP contribution in [-0.2, 0) is 26.2 Å². The number of benzene rings is 1. The Balaban J connectivity index is 1.60. The van der Waals surface area contributed by atoms with Gasteiger partial charge in [0.1, 0.15) is 0 Å². The Morgan fingerprint density at radius 2 is 1.92 bits per heavy atom. The van der Waals surface area contributed by atoms with Gasteiger partial charge in [-0.05, 0) is 23.1 Å². The van der Waals surface area contributed by atoms with Gasteiger partial charge in [-0.2, -0.15) is 5.10 Å². The van der Waals surface area contributed by atoms with Crippen LogP contribution in [0.1, 0.15) is 30.7 Å². The predicted octanol–water partition coefficient (Wildman–Crippen LogP) is 3.07. The van der Waals surface area contributed by atoms with Gasteiger partial charge in [0.2, 0.25) is 0 Å². The fraction of sp³-hybridized carbons (Fsp3) is 0.368. The molecule has 5 nitrogen and oxygen atoms in total. The first-order valence-corrected chi connectivity index (χ1v) is 8.46. The first-order valence-electron chi connectivity index (χ1n) is 8.46. The van der Waals surface area contributed by atoms with Crippen LogP contribution in [0.15, 0.2) is 55.2 Å². The summed E-state index contributed by atoms with van der Waals surface area (Å²) >= 11 is 0. The van der Waals surface area contributed by atoms with Crippen molar-refractivity contribution in [2.75, 3.05) is 0 Å². The fourth-order valence-corrected chi connectivity index (χ4v) is 2.83. The SMILES string of the molecule is CC(C)Cn1cncc1CNCc1ccccc1Cn1cccn1. The quantitative estimate of drug-likeness (QED) is 0.693. The van der Waals surface area contributed by atoms with E-state index in [0.717, 1.165) is 26.2 Å². The molecule has 0 atom stereocenters. The minimum atomic E-state index is 0.618. The molecular formula is C19H25N5. The van der Waals surface area contributed by atoms with E-state index in [4.69, 9.17) is 0 Å². The maximum atomic E-state index is 4.30. The van der Waals surface area contributed by atoms with Crippen molar-refractivity contribution >= 4 is 0 Å². The zero-order chi connectivity index (χ0) is 16.8. The van der Waals surface area contributed by atoms with E-state index in [0.29, 0.717) is 5.92 Å². The lowest BCUT2D eigenvalue weighted by molar-refractivity contribution is 0.500. The molecule has 0 aliphatic carbocycles. The van der Waals surface area contributed by atoms with Crippen molar-refractivity contribution in [1.29, 1.82) is 0 Å². The van der Waals surface area contributed by atoms with E-state index >= 15 is 0 Å². The zero-order valence-electron chi connectivity index (χ0n) is 14.4. The van der Waals surface area contributed by atoms with Gasteiger partial charge in [-0.1, -0.05) is 38.1 Å². The first kappa shape index (κ1) is 16.5. The average molecular weight is 323 g/mol. The lowest BCUT2D eigenvalue weighted by atomic mass is 10.1. The standard InChI is InChI=1S/C19H25N5/c1-16(2)13-23-15-21-12-19(23)11-20-10-17-6-3-4-7-18(17)14-24-9-5-8-22-24/h3-9,12,15-16,20H,10-11,13-14H2,1-2H3. The van der Waals surface area contributed by atoms with E-state index in [2.05, 4.69) is 58.1 Å². The highest BCUT2D eigenvalue weighted by atomic mass is 15.3. The smallest absolute Gasteiger partial charge is 0.0948 e. The predicted molar refractivity (Wildman–Crippen MR) is 95.4 cm³/mol. The van der Waals surface area contributed by atoms with Gasteiger partial charge in [0.15, 0.2) is 0 Å². The van der Waals surface area contributed by atoms with Crippen LogP contribution in [-0.4, -0.2) is 19.3 Å². The maximum Gasteiger partial charge on any atom is 0.0948 e. The Bertz CT molecular complexity index is 743. The molecule has 24 heavy (non-hydrogen) atoms. The molecule has 0 aliphatic rings. The molecule has 0 spiro atoms. The summed E-state index contributed by atoms with van der Waals surface area (Å²) in [6.07, 6.45) is 7.68. The molecule has 0 unspecified atom stereocenters. The first-order chi connectivity index (χ1) is 11.7. The van der Waals surface area contributed by atoms with Crippen molar-refractivity contribution in [2.45, 2.75) is 40.0 Å². The Hall–Kier alpha value is -2.40. The van der Waals surface area contributed by atoms with Gasteiger partial charge in [0, 0.05) is 38.2 Å². The molecule has 0 saturated carbocycles. The third kappa shape index (κ3) is 4.32. The molecule has 0 fully saturated rings. The van der Waals surface area contributed by atoms with Crippen LogP contribution < -0.4 is 5.32 Å². The molecule has 126 valence electrons. The number of nitrogens with zero attached hydrogens (tertiary/aromatic N) is 4. The second kappa shape index (κ2) is 7.93. The minimum absolute atomic E-state index is 0.618. The van der Waals surface area contributed by atoms with Crippen molar-refractivity contribution in [3.63, 3.8) is 0 Å². The van der Waals surface area contributed by atoms with E-state index in [-0.39, 0.29) is 0 Å². The Labute approximate surface area is 143 Å².